The number of hydrogen-bond donors (Lipinski definition) is 2. The van der Waals surface area contributed by atoms with Crippen LogP contribution in [0.5, 0.6) is 0 Å². The van der Waals surface area contributed by atoms with Gasteiger partial charge in [-0.05, 0) is 30.7 Å². The van der Waals surface area contributed by atoms with E-state index in [2.05, 4.69) is 14.8 Å². The van der Waals surface area contributed by atoms with E-state index >= 15 is 0 Å². The molecule has 2 aromatic heterocycles. The minimum Gasteiger partial charge on any atom is -0.392 e. The molecule has 0 aliphatic carbocycles. The van der Waals surface area contributed by atoms with Crippen molar-refractivity contribution in [3.05, 3.63) is 53.9 Å². The van der Waals surface area contributed by atoms with Crippen molar-refractivity contribution in [2.24, 2.45) is 0 Å². The Kier molecular flexibility index (Phi) is 3.55. The van der Waals surface area contributed by atoms with Crippen molar-refractivity contribution < 1.29 is 13.5 Å². The molecular formula is C14H14N4O3S. The second kappa shape index (κ2) is 5.39. The molecule has 0 unspecified atom stereocenters. The second-order valence-electron chi connectivity index (χ2n) is 4.79. The molecule has 8 heteroatoms. The standard InChI is InChI=1S/C14H14N4O3S/c1-10-8-14-15-7-6-13(18(14)16-10)17-22(20,21)12-4-2-11(9-19)3-5-12/h2-8,17,19H,9H2,1H3. The molecule has 114 valence electrons. The zero-order valence-electron chi connectivity index (χ0n) is 11.8. The summed E-state index contributed by atoms with van der Waals surface area (Å²) < 4.78 is 28.8. The number of nitrogens with zero attached hydrogens (tertiary/aromatic N) is 3. The van der Waals surface area contributed by atoms with E-state index in [9.17, 15) is 8.42 Å². The number of rotatable bonds is 4. The molecule has 3 aromatic rings. The van der Waals surface area contributed by atoms with Crippen LogP contribution in [-0.2, 0) is 16.6 Å². The van der Waals surface area contributed by atoms with Crippen LogP contribution in [0.3, 0.4) is 0 Å². The van der Waals surface area contributed by atoms with Crippen molar-refractivity contribution in [1.29, 1.82) is 0 Å². The quantitative estimate of drug-likeness (QED) is 0.756. The van der Waals surface area contributed by atoms with Gasteiger partial charge in [-0.1, -0.05) is 12.1 Å². The van der Waals surface area contributed by atoms with E-state index in [0.717, 1.165) is 5.69 Å². The van der Waals surface area contributed by atoms with E-state index in [4.69, 9.17) is 5.11 Å². The summed E-state index contributed by atoms with van der Waals surface area (Å²) in [7, 11) is -3.74. The molecule has 0 spiro atoms. The Bertz CT molecular complexity index is 917. The third-order valence-electron chi connectivity index (χ3n) is 3.14. The number of benzene rings is 1. The first-order chi connectivity index (χ1) is 10.5. The van der Waals surface area contributed by atoms with Crippen molar-refractivity contribution >= 4 is 21.5 Å². The minimum atomic E-state index is -3.74. The van der Waals surface area contributed by atoms with Gasteiger partial charge < -0.3 is 5.11 Å². The van der Waals surface area contributed by atoms with E-state index in [1.165, 1.54) is 22.8 Å². The highest BCUT2D eigenvalue weighted by Crippen LogP contribution is 2.17. The number of aliphatic hydroxyl groups is 1. The minimum absolute atomic E-state index is 0.110. The third-order valence-corrected chi connectivity index (χ3v) is 4.51. The average Bonchev–Trinajstić information content (AvgIpc) is 2.88. The molecule has 0 amide bonds. The van der Waals surface area contributed by atoms with Gasteiger partial charge in [-0.2, -0.15) is 9.61 Å². The van der Waals surface area contributed by atoms with Gasteiger partial charge in [-0.15, -0.1) is 0 Å². The second-order valence-corrected chi connectivity index (χ2v) is 6.48. The lowest BCUT2D eigenvalue weighted by Gasteiger charge is -2.09. The zero-order valence-corrected chi connectivity index (χ0v) is 12.6. The first-order valence-electron chi connectivity index (χ1n) is 6.53. The molecule has 0 bridgehead atoms. The normalized spacial score (nSPS) is 11.7. The molecule has 0 saturated carbocycles. The highest BCUT2D eigenvalue weighted by molar-refractivity contribution is 7.92. The maximum Gasteiger partial charge on any atom is 0.263 e. The van der Waals surface area contributed by atoms with Crippen LogP contribution in [-0.4, -0.2) is 28.1 Å². The van der Waals surface area contributed by atoms with Gasteiger partial charge in [0.25, 0.3) is 10.0 Å². The van der Waals surface area contributed by atoms with Crippen LogP contribution < -0.4 is 4.72 Å². The number of nitrogens with one attached hydrogen (secondary N) is 1. The highest BCUT2D eigenvalue weighted by atomic mass is 32.2. The summed E-state index contributed by atoms with van der Waals surface area (Å²) in [5.41, 5.74) is 1.95. The molecule has 22 heavy (non-hydrogen) atoms. The topological polar surface area (TPSA) is 96.6 Å². The van der Waals surface area contributed by atoms with Gasteiger partial charge in [0.15, 0.2) is 5.65 Å². The number of aliphatic hydroxyl groups excluding tert-OH is 1. The Balaban J connectivity index is 1.98. The van der Waals surface area contributed by atoms with Crippen LogP contribution in [0, 0.1) is 6.92 Å². The molecule has 0 aliphatic heterocycles. The maximum atomic E-state index is 12.4. The van der Waals surface area contributed by atoms with Gasteiger partial charge in [0, 0.05) is 12.3 Å². The average molecular weight is 318 g/mol. The van der Waals surface area contributed by atoms with Gasteiger partial charge in [0.05, 0.1) is 17.2 Å². The van der Waals surface area contributed by atoms with Gasteiger partial charge in [-0.3, -0.25) is 4.72 Å². The van der Waals surface area contributed by atoms with E-state index in [1.807, 2.05) is 0 Å². The van der Waals surface area contributed by atoms with Crippen LogP contribution in [0.1, 0.15) is 11.3 Å². The lowest BCUT2D eigenvalue weighted by atomic mass is 10.2. The Hall–Kier alpha value is -2.45. The third kappa shape index (κ3) is 2.66. The lowest BCUT2D eigenvalue weighted by Crippen LogP contribution is -2.15. The summed E-state index contributed by atoms with van der Waals surface area (Å²) in [4.78, 5) is 4.24. The van der Waals surface area contributed by atoms with Crippen LogP contribution in [0.25, 0.3) is 5.65 Å². The molecule has 3 rings (SSSR count). The van der Waals surface area contributed by atoms with Crippen molar-refractivity contribution in [3.63, 3.8) is 0 Å². The fourth-order valence-corrected chi connectivity index (χ4v) is 3.10. The summed E-state index contributed by atoms with van der Waals surface area (Å²) >= 11 is 0. The van der Waals surface area contributed by atoms with Crippen LogP contribution in [0.15, 0.2) is 47.5 Å². The molecule has 0 aliphatic rings. The molecule has 2 N–H and O–H groups in total. The van der Waals surface area contributed by atoms with Gasteiger partial charge in [0.2, 0.25) is 0 Å². The molecule has 7 nitrogen and oxygen atoms in total. The van der Waals surface area contributed by atoms with E-state index in [-0.39, 0.29) is 11.5 Å². The van der Waals surface area contributed by atoms with Crippen molar-refractivity contribution in [1.82, 2.24) is 14.6 Å². The van der Waals surface area contributed by atoms with Crippen molar-refractivity contribution in [2.75, 3.05) is 4.72 Å². The Morgan fingerprint density at radius 2 is 1.95 bits per heavy atom. The molecule has 0 atom stereocenters. The number of aryl methyl sites for hydroxylation is 1. The Labute approximate surface area is 127 Å². The number of aromatic nitrogens is 3. The van der Waals surface area contributed by atoms with E-state index in [0.29, 0.717) is 17.0 Å². The van der Waals surface area contributed by atoms with Crippen LogP contribution in [0.4, 0.5) is 5.82 Å². The summed E-state index contributed by atoms with van der Waals surface area (Å²) in [6.07, 6.45) is 1.52. The molecule has 1 aromatic carbocycles. The fraction of sp³-hybridized carbons (Fsp3) is 0.143. The zero-order chi connectivity index (χ0) is 15.7. The summed E-state index contributed by atoms with van der Waals surface area (Å²) in [6, 6.07) is 9.32. The largest absolute Gasteiger partial charge is 0.392 e. The predicted molar refractivity (Wildman–Crippen MR) is 80.9 cm³/mol. The van der Waals surface area contributed by atoms with Gasteiger partial charge >= 0.3 is 0 Å². The monoisotopic (exact) mass is 318 g/mol. The van der Waals surface area contributed by atoms with E-state index < -0.39 is 10.0 Å². The van der Waals surface area contributed by atoms with Crippen LogP contribution in [0.2, 0.25) is 0 Å². The Morgan fingerprint density at radius 3 is 2.64 bits per heavy atom. The Morgan fingerprint density at radius 1 is 1.23 bits per heavy atom. The lowest BCUT2D eigenvalue weighted by molar-refractivity contribution is 0.282. The van der Waals surface area contributed by atoms with Crippen molar-refractivity contribution in [2.45, 2.75) is 18.4 Å². The highest BCUT2D eigenvalue weighted by Gasteiger charge is 2.16. The number of sulfonamides is 1. The van der Waals surface area contributed by atoms with Gasteiger partial charge in [0.1, 0.15) is 5.82 Å². The number of hydrogen-bond acceptors (Lipinski definition) is 5. The molecule has 2 heterocycles. The summed E-state index contributed by atoms with van der Waals surface area (Å²) in [5, 5.41) is 13.2. The molecule has 0 saturated heterocycles. The number of anilines is 1. The summed E-state index contributed by atoms with van der Waals surface area (Å²) in [5.74, 6) is 0.310. The van der Waals surface area contributed by atoms with Crippen LogP contribution >= 0.6 is 0 Å². The summed E-state index contributed by atoms with van der Waals surface area (Å²) in [6.45, 7) is 1.67. The first-order valence-corrected chi connectivity index (χ1v) is 8.02. The van der Waals surface area contributed by atoms with Crippen molar-refractivity contribution in [3.8, 4) is 0 Å². The van der Waals surface area contributed by atoms with E-state index in [1.54, 1.807) is 31.2 Å². The SMILES string of the molecule is Cc1cc2nccc(NS(=O)(=O)c3ccc(CO)cc3)n2n1. The fourth-order valence-electron chi connectivity index (χ4n) is 2.06. The predicted octanol–water partition coefficient (Wildman–Crippen LogP) is 1.33. The molecule has 0 fully saturated rings. The maximum absolute atomic E-state index is 12.4. The molecular weight excluding hydrogens is 304 g/mol. The number of fused-ring (bicyclic) bond motifs is 1. The smallest absolute Gasteiger partial charge is 0.263 e. The molecule has 0 radical (unpaired) electrons. The van der Waals surface area contributed by atoms with Gasteiger partial charge in [-0.25, -0.2) is 13.4 Å². The first kappa shape index (κ1) is 14.5.